The fourth-order valence-electron chi connectivity index (χ4n) is 2.50. The summed E-state index contributed by atoms with van der Waals surface area (Å²) in [6, 6.07) is 8.12. The van der Waals surface area contributed by atoms with E-state index in [0.29, 0.717) is 41.3 Å². The van der Waals surface area contributed by atoms with Crippen LogP contribution in [0.2, 0.25) is 0 Å². The molecule has 0 aromatic heterocycles. The van der Waals surface area contributed by atoms with E-state index in [0.717, 1.165) is 5.56 Å². The molecule has 0 radical (unpaired) electrons. The lowest BCUT2D eigenvalue weighted by Crippen LogP contribution is -2.25. The Morgan fingerprint density at radius 1 is 1.04 bits per heavy atom. The summed E-state index contributed by atoms with van der Waals surface area (Å²) in [5.41, 5.74) is 1.96. The summed E-state index contributed by atoms with van der Waals surface area (Å²) in [5.74, 6) is 0.786. The molecule has 0 heterocycles. The highest BCUT2D eigenvalue weighted by Gasteiger charge is 2.16. The zero-order chi connectivity index (χ0) is 18.4. The molecule has 1 N–H and O–H groups in total. The summed E-state index contributed by atoms with van der Waals surface area (Å²) in [5, 5.41) is 2.84. The number of hydrogen-bond donors (Lipinski definition) is 1. The lowest BCUT2D eigenvalue weighted by Gasteiger charge is -2.14. The number of nitrogens with one attached hydrogen (secondary N) is 1. The molecule has 5 nitrogen and oxygen atoms in total. The topological polar surface area (TPSA) is 56.8 Å². The van der Waals surface area contributed by atoms with Crippen LogP contribution < -0.4 is 19.5 Å². The van der Waals surface area contributed by atoms with E-state index < -0.39 is 0 Å². The van der Waals surface area contributed by atoms with Gasteiger partial charge >= 0.3 is 0 Å². The standard InChI is InChI=1S/C19H22FNO4/c1-12-9-13(5-6-15(12)20)7-8-21-19(22)14-10-16(23-2)18(25-4)17(11-14)24-3/h5-6,9-11H,7-8H2,1-4H3,(H,21,22). The molecule has 0 aliphatic carbocycles. The van der Waals surface area contributed by atoms with E-state index in [1.165, 1.54) is 27.4 Å². The van der Waals surface area contributed by atoms with Gasteiger partial charge in [-0.3, -0.25) is 4.79 Å². The molecule has 25 heavy (non-hydrogen) atoms. The van der Waals surface area contributed by atoms with Gasteiger partial charge < -0.3 is 19.5 Å². The Morgan fingerprint density at radius 2 is 1.68 bits per heavy atom. The minimum atomic E-state index is -0.252. The van der Waals surface area contributed by atoms with Gasteiger partial charge in [0.1, 0.15) is 5.82 Å². The molecule has 2 aromatic carbocycles. The van der Waals surface area contributed by atoms with Crippen LogP contribution in [0.15, 0.2) is 30.3 Å². The van der Waals surface area contributed by atoms with Crippen LogP contribution in [0.25, 0.3) is 0 Å². The maximum absolute atomic E-state index is 13.3. The number of amides is 1. The summed E-state index contributed by atoms with van der Waals surface area (Å²) >= 11 is 0. The number of ether oxygens (including phenoxy) is 3. The van der Waals surface area contributed by atoms with E-state index in [-0.39, 0.29) is 11.7 Å². The molecule has 134 valence electrons. The quantitative estimate of drug-likeness (QED) is 0.836. The molecule has 0 aliphatic heterocycles. The van der Waals surface area contributed by atoms with E-state index in [1.807, 2.05) is 0 Å². The second-order valence-electron chi connectivity index (χ2n) is 5.50. The highest BCUT2D eigenvalue weighted by Crippen LogP contribution is 2.38. The average Bonchev–Trinajstić information content (AvgIpc) is 2.63. The molecule has 6 heteroatoms. The van der Waals surface area contributed by atoms with Crippen molar-refractivity contribution in [1.29, 1.82) is 0 Å². The summed E-state index contributed by atoms with van der Waals surface area (Å²) in [6.45, 7) is 2.15. The average molecular weight is 347 g/mol. The Hall–Kier alpha value is -2.76. The second-order valence-corrected chi connectivity index (χ2v) is 5.50. The Morgan fingerprint density at radius 3 is 2.20 bits per heavy atom. The Kier molecular flexibility index (Phi) is 6.22. The lowest BCUT2D eigenvalue weighted by atomic mass is 10.1. The molecule has 0 fully saturated rings. The molecule has 1 amide bonds. The first-order valence-electron chi connectivity index (χ1n) is 7.83. The first-order chi connectivity index (χ1) is 12.0. The lowest BCUT2D eigenvalue weighted by molar-refractivity contribution is 0.0953. The zero-order valence-corrected chi connectivity index (χ0v) is 14.8. The van der Waals surface area contributed by atoms with Crippen LogP contribution in [0, 0.1) is 12.7 Å². The maximum atomic E-state index is 13.3. The third-order valence-corrected chi connectivity index (χ3v) is 3.85. The van der Waals surface area contributed by atoms with Gasteiger partial charge in [0, 0.05) is 12.1 Å². The number of carbonyl (C=O) groups excluding carboxylic acids is 1. The first kappa shape index (κ1) is 18.6. The van der Waals surface area contributed by atoms with E-state index >= 15 is 0 Å². The molecule has 2 rings (SSSR count). The fraction of sp³-hybridized carbons (Fsp3) is 0.316. The van der Waals surface area contributed by atoms with Gasteiger partial charge in [-0.15, -0.1) is 0 Å². The fourth-order valence-corrected chi connectivity index (χ4v) is 2.50. The third kappa shape index (κ3) is 4.41. The number of halogens is 1. The van der Waals surface area contributed by atoms with Crippen molar-refractivity contribution < 1.29 is 23.4 Å². The van der Waals surface area contributed by atoms with Gasteiger partial charge in [-0.25, -0.2) is 4.39 Å². The van der Waals surface area contributed by atoms with Crippen LogP contribution in [0.5, 0.6) is 17.2 Å². The van der Waals surface area contributed by atoms with E-state index in [1.54, 1.807) is 31.2 Å². The number of benzene rings is 2. The number of rotatable bonds is 7. The van der Waals surface area contributed by atoms with Crippen LogP contribution in [-0.4, -0.2) is 33.8 Å². The van der Waals surface area contributed by atoms with E-state index in [4.69, 9.17) is 14.2 Å². The molecule has 2 aromatic rings. The van der Waals surface area contributed by atoms with E-state index in [2.05, 4.69) is 5.32 Å². The molecular formula is C19H22FNO4. The van der Waals surface area contributed by atoms with Crippen molar-refractivity contribution in [2.45, 2.75) is 13.3 Å². The van der Waals surface area contributed by atoms with Crippen LogP contribution in [0.1, 0.15) is 21.5 Å². The Labute approximate surface area is 146 Å². The van der Waals surface area contributed by atoms with Crippen LogP contribution >= 0.6 is 0 Å². The summed E-state index contributed by atoms with van der Waals surface area (Å²) in [6.07, 6.45) is 0.608. The molecule has 0 aliphatic rings. The van der Waals surface area contributed by atoms with Gasteiger partial charge in [0.15, 0.2) is 11.5 Å². The molecule has 0 bridgehead atoms. The third-order valence-electron chi connectivity index (χ3n) is 3.85. The van der Waals surface area contributed by atoms with Gasteiger partial charge in [-0.05, 0) is 42.7 Å². The SMILES string of the molecule is COc1cc(C(=O)NCCc2ccc(F)c(C)c2)cc(OC)c1OC. The van der Waals surface area contributed by atoms with Gasteiger partial charge in [0.05, 0.1) is 21.3 Å². The van der Waals surface area contributed by atoms with Crippen molar-refractivity contribution >= 4 is 5.91 Å². The molecule has 0 saturated heterocycles. The van der Waals surface area contributed by atoms with Gasteiger partial charge in [-0.2, -0.15) is 0 Å². The molecule has 0 atom stereocenters. The molecule has 0 spiro atoms. The summed E-state index contributed by atoms with van der Waals surface area (Å²) < 4.78 is 29.0. The van der Waals surface area contributed by atoms with Crippen LogP contribution in [-0.2, 0) is 6.42 Å². The van der Waals surface area contributed by atoms with Crippen LogP contribution in [0.3, 0.4) is 0 Å². The minimum absolute atomic E-state index is 0.231. The Bertz CT molecular complexity index is 736. The first-order valence-corrected chi connectivity index (χ1v) is 7.83. The van der Waals surface area contributed by atoms with Gasteiger partial charge in [-0.1, -0.05) is 12.1 Å². The van der Waals surface area contributed by atoms with Gasteiger partial charge in [0.2, 0.25) is 5.75 Å². The molecular weight excluding hydrogens is 325 g/mol. The zero-order valence-electron chi connectivity index (χ0n) is 14.8. The van der Waals surface area contributed by atoms with Crippen molar-refractivity contribution in [1.82, 2.24) is 5.32 Å². The molecule has 0 unspecified atom stereocenters. The molecule has 0 saturated carbocycles. The van der Waals surface area contributed by atoms with Crippen LogP contribution in [0.4, 0.5) is 4.39 Å². The Balaban J connectivity index is 2.06. The summed E-state index contributed by atoms with van der Waals surface area (Å²) in [7, 11) is 4.50. The van der Waals surface area contributed by atoms with Crippen molar-refractivity contribution in [3.8, 4) is 17.2 Å². The predicted octanol–water partition coefficient (Wildman–Crippen LogP) is 3.13. The van der Waals surface area contributed by atoms with E-state index in [9.17, 15) is 9.18 Å². The predicted molar refractivity (Wildman–Crippen MR) is 93.3 cm³/mol. The minimum Gasteiger partial charge on any atom is -0.493 e. The number of aryl methyl sites for hydroxylation is 1. The monoisotopic (exact) mass is 347 g/mol. The second kappa shape index (κ2) is 8.37. The van der Waals surface area contributed by atoms with Crippen molar-refractivity contribution in [2.75, 3.05) is 27.9 Å². The van der Waals surface area contributed by atoms with Crippen molar-refractivity contribution in [3.05, 3.63) is 52.8 Å². The number of hydrogen-bond acceptors (Lipinski definition) is 4. The summed E-state index contributed by atoms with van der Waals surface area (Å²) in [4.78, 5) is 12.4. The largest absolute Gasteiger partial charge is 0.493 e. The van der Waals surface area contributed by atoms with Gasteiger partial charge in [0.25, 0.3) is 5.91 Å². The normalized spacial score (nSPS) is 10.3. The highest BCUT2D eigenvalue weighted by atomic mass is 19.1. The smallest absolute Gasteiger partial charge is 0.251 e. The number of methoxy groups -OCH3 is 3. The maximum Gasteiger partial charge on any atom is 0.251 e. The number of carbonyl (C=O) groups is 1. The highest BCUT2D eigenvalue weighted by molar-refractivity contribution is 5.95. The van der Waals surface area contributed by atoms with Crippen molar-refractivity contribution in [3.63, 3.8) is 0 Å². The van der Waals surface area contributed by atoms with Crippen molar-refractivity contribution in [2.24, 2.45) is 0 Å².